The van der Waals surface area contributed by atoms with Crippen molar-refractivity contribution in [2.24, 2.45) is 0 Å². The Morgan fingerprint density at radius 3 is 3.04 bits per heavy atom. The zero-order chi connectivity index (χ0) is 17.8. The van der Waals surface area contributed by atoms with E-state index in [1.165, 1.54) is 17.5 Å². The minimum absolute atomic E-state index is 0.182. The van der Waals surface area contributed by atoms with Gasteiger partial charge in [-0.2, -0.15) is 5.10 Å². The van der Waals surface area contributed by atoms with E-state index in [1.807, 2.05) is 18.5 Å². The summed E-state index contributed by atoms with van der Waals surface area (Å²) in [5.41, 5.74) is 2.40. The molecule has 0 aromatic carbocycles. The fourth-order valence-electron chi connectivity index (χ4n) is 3.40. The normalized spacial score (nSPS) is 17.0. The topological polar surface area (TPSA) is 76.2 Å². The standard InChI is InChI=1S/C19H21N5O2/c25-19(18-4-2-10-26-18)21-8-5-16-13-23(12-15-3-1-7-20-11-15)14-17-6-9-22-24(16)17/h1-4,6-7,9-11,16H,5,8,12-14H2,(H,21,25)/t16-/m1/s1. The summed E-state index contributed by atoms with van der Waals surface area (Å²) in [6, 6.07) is 9.72. The van der Waals surface area contributed by atoms with Crippen LogP contribution in [0.1, 0.15) is 34.3 Å². The Morgan fingerprint density at radius 1 is 1.27 bits per heavy atom. The number of nitrogens with one attached hydrogen (secondary N) is 1. The van der Waals surface area contributed by atoms with Crippen LogP contribution in [0.2, 0.25) is 0 Å². The van der Waals surface area contributed by atoms with Gasteiger partial charge in [-0.3, -0.25) is 19.4 Å². The number of pyridine rings is 1. The maximum atomic E-state index is 12.0. The molecule has 134 valence electrons. The van der Waals surface area contributed by atoms with Crippen LogP contribution in [0.25, 0.3) is 0 Å². The summed E-state index contributed by atoms with van der Waals surface area (Å²) in [5.74, 6) is 0.158. The van der Waals surface area contributed by atoms with Gasteiger partial charge in [-0.1, -0.05) is 6.07 Å². The molecule has 0 aliphatic carbocycles. The number of carbonyl (C=O) groups excluding carboxylic acids is 1. The lowest BCUT2D eigenvalue weighted by molar-refractivity contribution is 0.0919. The van der Waals surface area contributed by atoms with Crippen molar-refractivity contribution in [3.05, 3.63) is 72.2 Å². The van der Waals surface area contributed by atoms with Crippen LogP contribution in [0.3, 0.4) is 0 Å². The summed E-state index contributed by atoms with van der Waals surface area (Å²) in [6.07, 6.45) is 7.86. The highest BCUT2D eigenvalue weighted by Crippen LogP contribution is 2.24. The Morgan fingerprint density at radius 2 is 2.23 bits per heavy atom. The summed E-state index contributed by atoms with van der Waals surface area (Å²) in [5, 5.41) is 7.39. The summed E-state index contributed by atoms with van der Waals surface area (Å²) >= 11 is 0. The second-order valence-electron chi connectivity index (χ2n) is 6.47. The molecule has 3 aromatic heterocycles. The van der Waals surface area contributed by atoms with Crippen LogP contribution in [0, 0.1) is 0 Å². The van der Waals surface area contributed by atoms with Gasteiger partial charge >= 0.3 is 0 Å². The lowest BCUT2D eigenvalue weighted by atomic mass is 10.1. The van der Waals surface area contributed by atoms with E-state index in [2.05, 4.69) is 37.1 Å². The van der Waals surface area contributed by atoms with E-state index in [0.29, 0.717) is 12.3 Å². The number of furan rings is 1. The fourth-order valence-corrected chi connectivity index (χ4v) is 3.40. The molecule has 7 heteroatoms. The molecule has 26 heavy (non-hydrogen) atoms. The van der Waals surface area contributed by atoms with Crippen LogP contribution in [-0.2, 0) is 13.1 Å². The van der Waals surface area contributed by atoms with Crippen LogP contribution in [0.4, 0.5) is 0 Å². The van der Waals surface area contributed by atoms with Crippen molar-refractivity contribution in [3.8, 4) is 0 Å². The van der Waals surface area contributed by atoms with Gasteiger partial charge in [0.15, 0.2) is 5.76 Å². The first kappa shape index (κ1) is 16.5. The molecule has 1 aliphatic heterocycles. The molecule has 4 heterocycles. The second kappa shape index (κ2) is 7.53. The molecule has 0 fully saturated rings. The van der Waals surface area contributed by atoms with E-state index < -0.39 is 0 Å². The molecule has 0 radical (unpaired) electrons. The zero-order valence-corrected chi connectivity index (χ0v) is 14.4. The van der Waals surface area contributed by atoms with Gasteiger partial charge in [0, 0.05) is 44.8 Å². The molecule has 0 bridgehead atoms. The highest BCUT2D eigenvalue weighted by molar-refractivity contribution is 5.91. The SMILES string of the molecule is O=C(NCC[C@@H]1CN(Cc2cccnc2)Cc2ccnn21)c1ccco1. The van der Waals surface area contributed by atoms with E-state index in [4.69, 9.17) is 4.42 Å². The number of hydrogen-bond donors (Lipinski definition) is 1. The van der Waals surface area contributed by atoms with Gasteiger partial charge in [-0.05, 0) is 36.2 Å². The maximum Gasteiger partial charge on any atom is 0.286 e. The average molecular weight is 351 g/mol. The van der Waals surface area contributed by atoms with Gasteiger partial charge in [0.1, 0.15) is 0 Å². The van der Waals surface area contributed by atoms with Crippen LogP contribution in [-0.4, -0.2) is 38.7 Å². The first-order valence-corrected chi connectivity index (χ1v) is 8.75. The Balaban J connectivity index is 1.38. The van der Waals surface area contributed by atoms with Gasteiger partial charge in [-0.25, -0.2) is 0 Å². The molecule has 0 saturated carbocycles. The second-order valence-corrected chi connectivity index (χ2v) is 6.47. The van der Waals surface area contributed by atoms with Gasteiger partial charge in [0.25, 0.3) is 5.91 Å². The molecule has 7 nitrogen and oxygen atoms in total. The molecule has 1 amide bonds. The van der Waals surface area contributed by atoms with Gasteiger partial charge in [-0.15, -0.1) is 0 Å². The largest absolute Gasteiger partial charge is 0.459 e. The molecule has 1 aliphatic rings. The number of amides is 1. The van der Waals surface area contributed by atoms with Crippen LogP contribution in [0.15, 0.2) is 59.6 Å². The van der Waals surface area contributed by atoms with Crippen molar-refractivity contribution in [2.45, 2.75) is 25.6 Å². The van der Waals surface area contributed by atoms with E-state index >= 15 is 0 Å². The molecule has 4 rings (SSSR count). The minimum atomic E-state index is -0.182. The van der Waals surface area contributed by atoms with E-state index in [0.717, 1.165) is 26.1 Å². The van der Waals surface area contributed by atoms with Crippen molar-refractivity contribution in [3.63, 3.8) is 0 Å². The van der Waals surface area contributed by atoms with Gasteiger partial charge in [0.2, 0.25) is 0 Å². The highest BCUT2D eigenvalue weighted by Gasteiger charge is 2.25. The van der Waals surface area contributed by atoms with Crippen LogP contribution < -0.4 is 5.32 Å². The smallest absolute Gasteiger partial charge is 0.286 e. The third kappa shape index (κ3) is 3.67. The number of hydrogen-bond acceptors (Lipinski definition) is 5. The van der Waals surface area contributed by atoms with Gasteiger partial charge < -0.3 is 9.73 Å². The van der Waals surface area contributed by atoms with Gasteiger partial charge in [0.05, 0.1) is 18.0 Å². The van der Waals surface area contributed by atoms with Crippen LogP contribution in [0.5, 0.6) is 0 Å². The molecular weight excluding hydrogens is 330 g/mol. The van der Waals surface area contributed by atoms with Crippen LogP contribution >= 0.6 is 0 Å². The Bertz CT molecular complexity index is 844. The third-order valence-electron chi connectivity index (χ3n) is 4.59. The molecule has 0 unspecified atom stereocenters. The lowest BCUT2D eigenvalue weighted by Gasteiger charge is -2.34. The van der Waals surface area contributed by atoms with Crippen molar-refractivity contribution in [2.75, 3.05) is 13.1 Å². The quantitative estimate of drug-likeness (QED) is 0.737. The predicted molar refractivity (Wildman–Crippen MR) is 95.3 cm³/mol. The lowest BCUT2D eigenvalue weighted by Crippen LogP contribution is -2.39. The molecule has 0 spiro atoms. The Kier molecular flexibility index (Phi) is 4.79. The molecule has 1 atom stereocenters. The number of aromatic nitrogens is 3. The minimum Gasteiger partial charge on any atom is -0.459 e. The molecule has 1 N–H and O–H groups in total. The first-order valence-electron chi connectivity index (χ1n) is 8.75. The van der Waals surface area contributed by atoms with E-state index in [1.54, 1.807) is 18.3 Å². The summed E-state index contributed by atoms with van der Waals surface area (Å²) in [7, 11) is 0. The van der Waals surface area contributed by atoms with Crippen molar-refractivity contribution in [1.29, 1.82) is 0 Å². The fraction of sp³-hybridized carbons (Fsp3) is 0.316. The number of rotatable bonds is 6. The van der Waals surface area contributed by atoms with E-state index in [9.17, 15) is 4.79 Å². The number of carbonyl (C=O) groups is 1. The zero-order valence-electron chi connectivity index (χ0n) is 14.4. The Labute approximate surface area is 151 Å². The van der Waals surface area contributed by atoms with Crippen molar-refractivity contribution in [1.82, 2.24) is 25.0 Å². The molecular formula is C19H21N5O2. The number of fused-ring (bicyclic) bond motifs is 1. The molecule has 3 aromatic rings. The summed E-state index contributed by atoms with van der Waals surface area (Å²) in [4.78, 5) is 18.6. The summed E-state index contributed by atoms with van der Waals surface area (Å²) < 4.78 is 7.20. The van der Waals surface area contributed by atoms with E-state index in [-0.39, 0.29) is 11.9 Å². The van der Waals surface area contributed by atoms with Crippen molar-refractivity contribution < 1.29 is 9.21 Å². The summed E-state index contributed by atoms with van der Waals surface area (Å²) in [6.45, 7) is 3.18. The maximum absolute atomic E-state index is 12.0. The monoisotopic (exact) mass is 351 g/mol. The Hall–Kier alpha value is -2.93. The predicted octanol–water partition coefficient (Wildman–Crippen LogP) is 2.25. The highest BCUT2D eigenvalue weighted by atomic mass is 16.3. The third-order valence-corrected chi connectivity index (χ3v) is 4.59. The molecule has 0 saturated heterocycles. The van der Waals surface area contributed by atoms with Crippen molar-refractivity contribution >= 4 is 5.91 Å². The first-order chi connectivity index (χ1) is 12.8. The number of nitrogens with zero attached hydrogens (tertiary/aromatic N) is 4. The average Bonchev–Trinajstić information content (AvgIpc) is 3.34.